The summed E-state index contributed by atoms with van der Waals surface area (Å²) in [6, 6.07) is 28.9. The molecule has 0 bridgehead atoms. The minimum atomic E-state index is 0. The number of thiocarbonyl (C=S) groups is 3. The number of benzene rings is 3. The minimum absolute atomic E-state index is 0. The molecule has 10 heteroatoms. The maximum Gasteiger partial charge on any atom is 3.00 e. The zero-order chi connectivity index (χ0) is 22.2. The van der Waals surface area contributed by atoms with Crippen molar-refractivity contribution in [3.8, 4) is 0 Å². The summed E-state index contributed by atoms with van der Waals surface area (Å²) >= 11 is 28.1. The van der Waals surface area contributed by atoms with Crippen LogP contribution in [0.2, 0.25) is 0 Å². The Balaban J connectivity index is 0.000000429. The normalized spacial score (nSPS) is 8.52. The predicted molar refractivity (Wildman–Crippen MR) is 150 cm³/mol. The molecule has 3 nitrogen and oxygen atoms in total. The van der Waals surface area contributed by atoms with Gasteiger partial charge in [0, 0.05) is 17.1 Å². The van der Waals surface area contributed by atoms with E-state index in [0.29, 0.717) is 13.0 Å². The predicted octanol–water partition coefficient (Wildman–Crippen LogP) is 5.79. The van der Waals surface area contributed by atoms with Gasteiger partial charge in [0.2, 0.25) is 0 Å². The van der Waals surface area contributed by atoms with E-state index >= 15 is 0 Å². The van der Waals surface area contributed by atoms with Gasteiger partial charge in [-0.3, -0.25) is 0 Å². The van der Waals surface area contributed by atoms with Crippen molar-refractivity contribution in [2.45, 2.75) is 0 Å². The number of anilines is 3. The van der Waals surface area contributed by atoms with Crippen LogP contribution in [0.1, 0.15) is 0 Å². The van der Waals surface area contributed by atoms with Crippen molar-refractivity contribution >= 4 is 105 Å². The van der Waals surface area contributed by atoms with Crippen LogP contribution in [0.15, 0.2) is 91.0 Å². The molecule has 3 aromatic rings. The molecule has 1 radical (unpaired) electrons. The second-order valence-corrected chi connectivity index (χ2v) is 8.56. The van der Waals surface area contributed by atoms with E-state index in [-0.39, 0.29) is 17.4 Å². The SMILES string of the molecule is S=C([S-])Nc1ccccc1.S=C([S-])Nc1ccccc1.S=C([S-])Nc1ccccc1.[Cr+3]. The molecule has 0 spiro atoms. The summed E-state index contributed by atoms with van der Waals surface area (Å²) in [5, 5.41) is 8.55. The fraction of sp³-hybridized carbons (Fsp3) is 0. The fourth-order valence-electron chi connectivity index (χ4n) is 1.92. The van der Waals surface area contributed by atoms with Crippen LogP contribution in [-0.2, 0) is 55.2 Å². The van der Waals surface area contributed by atoms with Gasteiger partial charge in [0.1, 0.15) is 0 Å². The van der Waals surface area contributed by atoms with Gasteiger partial charge in [-0.15, -0.1) is 0 Å². The van der Waals surface area contributed by atoms with E-state index in [0.717, 1.165) is 17.1 Å². The zero-order valence-electron chi connectivity index (χ0n) is 16.0. The summed E-state index contributed by atoms with van der Waals surface area (Å²) in [5.74, 6) is 0. The number of hydrogen-bond acceptors (Lipinski definition) is 6. The van der Waals surface area contributed by atoms with Crippen LogP contribution >= 0.6 is 36.7 Å². The molecular formula is C21H18CrN3S6. The standard InChI is InChI=1S/3C7H7NS2.Cr/c3*9-7(10)8-6-4-2-1-3-5-6;/h3*1-5H,(H2,8,9,10);/q;;;+3/p-3. The average molecular weight is 557 g/mol. The van der Waals surface area contributed by atoms with Gasteiger partial charge in [0.05, 0.1) is 0 Å². The monoisotopic (exact) mass is 556 g/mol. The Bertz CT molecular complexity index is 790. The third kappa shape index (κ3) is 16.8. The van der Waals surface area contributed by atoms with Crippen molar-refractivity contribution in [3.05, 3.63) is 91.0 Å². The molecule has 159 valence electrons. The van der Waals surface area contributed by atoms with E-state index < -0.39 is 0 Å². The fourth-order valence-corrected chi connectivity index (χ4v) is 2.63. The molecule has 3 rings (SSSR count). The third-order valence-electron chi connectivity index (χ3n) is 3.06. The first kappa shape index (κ1) is 29.5. The Kier molecular flexibility index (Phi) is 17.3. The minimum Gasteiger partial charge on any atom is -0.411 e. The van der Waals surface area contributed by atoms with E-state index in [1.54, 1.807) is 0 Å². The Morgan fingerprint density at radius 2 is 0.645 bits per heavy atom. The summed E-state index contributed by atoms with van der Waals surface area (Å²) in [6.07, 6.45) is 0. The molecule has 31 heavy (non-hydrogen) atoms. The molecule has 0 saturated carbocycles. The van der Waals surface area contributed by atoms with Crippen molar-refractivity contribution < 1.29 is 17.4 Å². The summed E-state index contributed by atoms with van der Waals surface area (Å²) < 4.78 is 1.14. The molecule has 0 amide bonds. The van der Waals surface area contributed by atoms with Gasteiger partial charge < -0.3 is 90.5 Å². The first-order chi connectivity index (χ1) is 14.4. The van der Waals surface area contributed by atoms with Gasteiger partial charge in [0.25, 0.3) is 0 Å². The Morgan fingerprint density at radius 1 is 0.452 bits per heavy atom. The molecule has 0 fully saturated rings. The second-order valence-electron chi connectivity index (χ2n) is 5.34. The first-order valence-corrected chi connectivity index (χ1v) is 10.9. The van der Waals surface area contributed by atoms with Gasteiger partial charge in [-0.2, -0.15) is 0 Å². The van der Waals surface area contributed by atoms with E-state index in [9.17, 15) is 0 Å². The van der Waals surface area contributed by atoms with E-state index in [2.05, 4.69) is 90.5 Å². The van der Waals surface area contributed by atoms with Gasteiger partial charge in [-0.1, -0.05) is 67.6 Å². The summed E-state index contributed by atoms with van der Waals surface area (Å²) in [6.45, 7) is 0. The number of para-hydroxylation sites is 3. The van der Waals surface area contributed by atoms with Gasteiger partial charge in [-0.25, -0.2) is 0 Å². The molecule has 0 aliphatic carbocycles. The molecule has 0 saturated heterocycles. The van der Waals surface area contributed by atoms with Crippen molar-refractivity contribution in [2.75, 3.05) is 16.0 Å². The third-order valence-corrected chi connectivity index (χ3v) is 3.67. The Morgan fingerprint density at radius 3 is 0.806 bits per heavy atom. The van der Waals surface area contributed by atoms with Crippen LogP contribution in [0.4, 0.5) is 17.1 Å². The van der Waals surface area contributed by atoms with Crippen molar-refractivity contribution in [1.29, 1.82) is 0 Å². The quantitative estimate of drug-likeness (QED) is 0.275. The van der Waals surface area contributed by atoms with Crippen molar-refractivity contribution in [1.82, 2.24) is 0 Å². The van der Waals surface area contributed by atoms with Gasteiger partial charge in [0.15, 0.2) is 0 Å². The number of hydrogen-bond donors (Lipinski definition) is 3. The molecule has 0 unspecified atom stereocenters. The first-order valence-electron chi connectivity index (χ1n) is 8.46. The topological polar surface area (TPSA) is 36.1 Å². The molecular weight excluding hydrogens is 539 g/mol. The molecule has 0 atom stereocenters. The largest absolute Gasteiger partial charge is 3.00 e. The average Bonchev–Trinajstić information content (AvgIpc) is 2.70. The van der Waals surface area contributed by atoms with Crippen LogP contribution in [0.25, 0.3) is 0 Å². The molecule has 0 aliphatic rings. The zero-order valence-corrected chi connectivity index (χ0v) is 22.2. The summed E-state index contributed by atoms with van der Waals surface area (Å²) in [7, 11) is 0. The maximum absolute atomic E-state index is 4.68. The van der Waals surface area contributed by atoms with Crippen LogP contribution < -0.4 is 16.0 Å². The number of rotatable bonds is 3. The van der Waals surface area contributed by atoms with Crippen LogP contribution in [-0.4, -0.2) is 13.0 Å². The maximum atomic E-state index is 4.68. The van der Waals surface area contributed by atoms with Crippen molar-refractivity contribution in [3.63, 3.8) is 0 Å². The van der Waals surface area contributed by atoms with Gasteiger partial charge in [-0.05, 0) is 36.4 Å². The van der Waals surface area contributed by atoms with E-state index in [1.165, 1.54) is 0 Å². The Labute approximate surface area is 227 Å². The van der Waals surface area contributed by atoms with Gasteiger partial charge >= 0.3 is 17.4 Å². The molecule has 0 aliphatic heterocycles. The molecule has 0 aromatic heterocycles. The molecule has 3 aromatic carbocycles. The van der Waals surface area contributed by atoms with Crippen LogP contribution in [0.3, 0.4) is 0 Å². The smallest absolute Gasteiger partial charge is 0.411 e. The van der Waals surface area contributed by atoms with E-state index in [1.807, 2.05) is 91.0 Å². The van der Waals surface area contributed by atoms with Crippen molar-refractivity contribution in [2.24, 2.45) is 0 Å². The number of nitrogens with one attached hydrogen (secondary N) is 3. The molecule has 3 N–H and O–H groups in total. The van der Waals surface area contributed by atoms with Crippen LogP contribution in [0, 0.1) is 0 Å². The molecule has 0 heterocycles. The summed E-state index contributed by atoms with van der Waals surface area (Å²) in [5.41, 5.74) is 2.84. The van der Waals surface area contributed by atoms with Crippen LogP contribution in [0.5, 0.6) is 0 Å². The van der Waals surface area contributed by atoms with E-state index in [4.69, 9.17) is 0 Å². The Hall–Kier alpha value is -1.48. The second kappa shape index (κ2) is 18.1. The summed E-state index contributed by atoms with van der Waals surface area (Å²) in [4.78, 5) is 0.